The van der Waals surface area contributed by atoms with Gasteiger partial charge < -0.3 is 10.2 Å². The summed E-state index contributed by atoms with van der Waals surface area (Å²) in [5, 5.41) is 16.3. The summed E-state index contributed by atoms with van der Waals surface area (Å²) in [6, 6.07) is 26.0. The van der Waals surface area contributed by atoms with Crippen molar-refractivity contribution in [3.05, 3.63) is 106 Å². The van der Waals surface area contributed by atoms with Gasteiger partial charge in [0.05, 0.1) is 11.0 Å². The number of benzene rings is 4. The number of hydrogen-bond acceptors (Lipinski definition) is 4. The van der Waals surface area contributed by atoms with Gasteiger partial charge in [0.25, 0.3) is 11.6 Å². The molecule has 0 bridgehead atoms. The summed E-state index contributed by atoms with van der Waals surface area (Å²) in [6.45, 7) is 2.03. The smallest absolute Gasteiger partial charge is 0.269 e. The first-order valence-electron chi connectivity index (χ1n) is 10.7. The molecule has 1 atom stereocenters. The Balaban J connectivity index is 1.55. The van der Waals surface area contributed by atoms with Gasteiger partial charge in [0, 0.05) is 37.5 Å². The van der Waals surface area contributed by atoms with Gasteiger partial charge in [-0.3, -0.25) is 14.9 Å². The third kappa shape index (κ3) is 4.41. The largest absolute Gasteiger partial charge is 0.388 e. The maximum atomic E-state index is 13.2. The van der Waals surface area contributed by atoms with Crippen LogP contribution in [0.5, 0.6) is 0 Å². The second kappa shape index (κ2) is 9.12. The van der Waals surface area contributed by atoms with E-state index >= 15 is 0 Å². The van der Waals surface area contributed by atoms with E-state index in [1.165, 1.54) is 12.1 Å². The van der Waals surface area contributed by atoms with Crippen LogP contribution in [0.15, 0.2) is 84.9 Å². The van der Waals surface area contributed by atoms with Gasteiger partial charge >= 0.3 is 0 Å². The van der Waals surface area contributed by atoms with Gasteiger partial charge in [0.15, 0.2) is 0 Å². The Morgan fingerprint density at radius 3 is 2.18 bits per heavy atom. The van der Waals surface area contributed by atoms with Crippen molar-refractivity contribution in [3.63, 3.8) is 0 Å². The molecule has 0 aliphatic heterocycles. The van der Waals surface area contributed by atoms with Crippen molar-refractivity contribution in [1.82, 2.24) is 4.90 Å². The van der Waals surface area contributed by atoms with Gasteiger partial charge in [-0.25, -0.2) is 0 Å². The molecule has 166 valence electrons. The molecule has 0 aliphatic carbocycles. The fraction of sp³-hybridized carbons (Fsp3) is 0.148. The van der Waals surface area contributed by atoms with Crippen LogP contribution >= 0.6 is 0 Å². The average Bonchev–Trinajstić information content (AvgIpc) is 2.86. The predicted octanol–water partition coefficient (Wildman–Crippen LogP) is 6.29. The molecule has 0 heterocycles. The number of hydrogen-bond donors (Lipinski definition) is 1. The Kier molecular flexibility index (Phi) is 6.09. The van der Waals surface area contributed by atoms with Crippen molar-refractivity contribution >= 4 is 28.1 Å². The number of carbonyl (C=O) groups excluding carboxylic acids is 1. The van der Waals surface area contributed by atoms with Crippen molar-refractivity contribution in [1.29, 1.82) is 0 Å². The van der Waals surface area contributed by atoms with Crippen LogP contribution in [0.4, 0.5) is 11.4 Å². The average molecular weight is 440 g/mol. The van der Waals surface area contributed by atoms with Gasteiger partial charge in [-0.1, -0.05) is 36.4 Å². The summed E-state index contributed by atoms with van der Waals surface area (Å²) in [6.07, 6.45) is 0. The summed E-state index contributed by atoms with van der Waals surface area (Å²) in [5.74, 6) is -0.0680. The van der Waals surface area contributed by atoms with Gasteiger partial charge in [-0.15, -0.1) is 0 Å². The molecular weight excluding hydrogens is 414 g/mol. The van der Waals surface area contributed by atoms with E-state index in [1.54, 1.807) is 29.2 Å². The molecule has 0 aromatic heterocycles. The molecular formula is C27H25N3O3. The van der Waals surface area contributed by atoms with Crippen molar-refractivity contribution < 1.29 is 9.72 Å². The first kappa shape index (κ1) is 22.0. The zero-order chi connectivity index (χ0) is 23.5. The van der Waals surface area contributed by atoms with E-state index in [2.05, 4.69) is 29.6 Å². The number of rotatable bonds is 6. The Morgan fingerprint density at radius 1 is 0.939 bits per heavy atom. The molecule has 0 radical (unpaired) electrons. The number of nitro benzene ring substituents is 1. The van der Waals surface area contributed by atoms with E-state index in [0.29, 0.717) is 5.56 Å². The SMILES string of the molecule is CNc1ccc2c(C(C)N(C)C(=O)c3ccc(-c4ccc([N+](=O)[O-])cc4)cc3)cccc2c1. The van der Waals surface area contributed by atoms with E-state index in [-0.39, 0.29) is 17.6 Å². The number of nitrogens with zero attached hydrogens (tertiary/aromatic N) is 2. The molecule has 1 unspecified atom stereocenters. The van der Waals surface area contributed by atoms with Crippen LogP contribution in [0.25, 0.3) is 21.9 Å². The first-order valence-corrected chi connectivity index (χ1v) is 10.7. The number of fused-ring (bicyclic) bond motifs is 1. The first-order chi connectivity index (χ1) is 15.9. The minimum absolute atomic E-state index is 0.0526. The normalized spacial score (nSPS) is 11.7. The van der Waals surface area contributed by atoms with Gasteiger partial charge in [-0.2, -0.15) is 0 Å². The van der Waals surface area contributed by atoms with Gasteiger partial charge in [0.1, 0.15) is 0 Å². The molecule has 1 amide bonds. The zero-order valence-electron chi connectivity index (χ0n) is 18.8. The minimum Gasteiger partial charge on any atom is -0.388 e. The third-order valence-corrected chi connectivity index (χ3v) is 6.10. The second-order valence-corrected chi connectivity index (χ2v) is 8.01. The van der Waals surface area contributed by atoms with Gasteiger partial charge in [0.2, 0.25) is 0 Å². The summed E-state index contributed by atoms with van der Waals surface area (Å²) in [4.78, 5) is 25.4. The molecule has 33 heavy (non-hydrogen) atoms. The van der Waals surface area contributed by atoms with E-state index < -0.39 is 4.92 Å². The second-order valence-electron chi connectivity index (χ2n) is 8.01. The summed E-state index contributed by atoms with van der Waals surface area (Å²) < 4.78 is 0. The lowest BCUT2D eigenvalue weighted by atomic mass is 9.97. The Bertz CT molecular complexity index is 1320. The molecule has 4 aromatic rings. The fourth-order valence-corrected chi connectivity index (χ4v) is 4.00. The Morgan fingerprint density at radius 2 is 1.58 bits per heavy atom. The van der Waals surface area contributed by atoms with Crippen LogP contribution in [-0.2, 0) is 0 Å². The minimum atomic E-state index is -0.419. The molecule has 1 N–H and O–H groups in total. The highest BCUT2D eigenvalue weighted by molar-refractivity contribution is 5.95. The molecule has 0 spiro atoms. The van der Waals surface area contributed by atoms with Crippen LogP contribution in [-0.4, -0.2) is 29.8 Å². The van der Waals surface area contributed by atoms with E-state index in [1.807, 2.05) is 45.3 Å². The molecule has 6 nitrogen and oxygen atoms in total. The molecule has 0 saturated heterocycles. The monoisotopic (exact) mass is 439 g/mol. The summed E-state index contributed by atoms with van der Waals surface area (Å²) >= 11 is 0. The zero-order valence-corrected chi connectivity index (χ0v) is 18.8. The molecule has 0 aliphatic rings. The van der Waals surface area contributed by atoms with Crippen LogP contribution in [0.2, 0.25) is 0 Å². The number of amides is 1. The summed E-state index contributed by atoms with van der Waals surface area (Å²) in [7, 11) is 3.71. The number of carbonyl (C=O) groups is 1. The van der Waals surface area contributed by atoms with Crippen LogP contribution in [0.1, 0.15) is 28.9 Å². The number of non-ortho nitro benzene ring substituents is 1. The fourth-order valence-electron chi connectivity index (χ4n) is 4.00. The Hall–Kier alpha value is -4.19. The number of nitro groups is 1. The standard InChI is InChI=1S/C27H25N3O3/c1-18(25-6-4-5-22-17-23(28-2)13-16-26(22)25)29(3)27(31)21-9-7-19(8-10-21)20-11-14-24(15-12-20)30(32)33/h4-18,28H,1-3H3. The van der Waals surface area contributed by atoms with Crippen molar-refractivity contribution in [3.8, 4) is 11.1 Å². The number of nitrogens with one attached hydrogen (secondary N) is 1. The van der Waals surface area contributed by atoms with Crippen molar-refractivity contribution in [2.75, 3.05) is 19.4 Å². The molecule has 4 rings (SSSR count). The quantitative estimate of drug-likeness (QED) is 0.283. The van der Waals surface area contributed by atoms with Gasteiger partial charge in [-0.05, 0) is 70.8 Å². The van der Waals surface area contributed by atoms with Crippen LogP contribution in [0, 0.1) is 10.1 Å². The highest BCUT2D eigenvalue weighted by atomic mass is 16.6. The molecule has 0 fully saturated rings. The van der Waals surface area contributed by atoms with Crippen LogP contribution in [0.3, 0.4) is 0 Å². The highest BCUT2D eigenvalue weighted by Crippen LogP contribution is 2.30. The van der Waals surface area contributed by atoms with E-state index in [9.17, 15) is 14.9 Å². The molecule has 0 saturated carbocycles. The third-order valence-electron chi connectivity index (χ3n) is 6.10. The van der Waals surface area contributed by atoms with E-state index in [0.717, 1.165) is 33.2 Å². The van der Waals surface area contributed by atoms with Crippen LogP contribution < -0.4 is 5.32 Å². The number of anilines is 1. The predicted molar refractivity (Wildman–Crippen MR) is 133 cm³/mol. The lowest BCUT2D eigenvalue weighted by molar-refractivity contribution is -0.384. The molecule has 6 heteroatoms. The summed E-state index contributed by atoms with van der Waals surface area (Å²) in [5.41, 5.74) is 4.53. The topological polar surface area (TPSA) is 75.5 Å². The Labute approximate surface area is 192 Å². The highest BCUT2D eigenvalue weighted by Gasteiger charge is 2.20. The van der Waals surface area contributed by atoms with Crippen molar-refractivity contribution in [2.24, 2.45) is 0 Å². The maximum absolute atomic E-state index is 13.2. The maximum Gasteiger partial charge on any atom is 0.269 e. The van der Waals surface area contributed by atoms with E-state index in [4.69, 9.17) is 0 Å². The molecule has 4 aromatic carbocycles. The lowest BCUT2D eigenvalue weighted by Crippen LogP contribution is -2.29. The van der Waals surface area contributed by atoms with Crippen molar-refractivity contribution in [2.45, 2.75) is 13.0 Å². The lowest BCUT2D eigenvalue weighted by Gasteiger charge is -2.27.